The Morgan fingerprint density at radius 1 is 1.26 bits per heavy atom. The summed E-state index contributed by atoms with van der Waals surface area (Å²) in [5.41, 5.74) is 3.17. The first-order chi connectivity index (χ1) is 11.0. The molecule has 6 heteroatoms. The molecule has 0 atom stereocenters. The number of anilines is 1. The molecule has 1 aromatic carbocycles. The van der Waals surface area contributed by atoms with Gasteiger partial charge in [-0.15, -0.1) is 0 Å². The normalized spacial score (nSPS) is 11.4. The highest BCUT2D eigenvalue weighted by Crippen LogP contribution is 2.24. The van der Waals surface area contributed by atoms with Gasteiger partial charge in [0.15, 0.2) is 5.65 Å². The number of fused-ring (bicyclic) bond motifs is 1. The van der Waals surface area contributed by atoms with Crippen LogP contribution in [0.1, 0.15) is 19.4 Å². The van der Waals surface area contributed by atoms with E-state index in [4.69, 9.17) is 5.26 Å². The van der Waals surface area contributed by atoms with Crippen LogP contribution in [0.2, 0.25) is 0 Å². The Morgan fingerprint density at radius 3 is 2.65 bits per heavy atom. The highest BCUT2D eigenvalue weighted by Gasteiger charge is 2.13. The van der Waals surface area contributed by atoms with Crippen LogP contribution in [0.5, 0.6) is 0 Å². The number of pyridine rings is 1. The van der Waals surface area contributed by atoms with Crippen molar-refractivity contribution in [2.75, 3.05) is 11.9 Å². The number of aromatic nitrogens is 3. The Hall–Kier alpha value is -2.91. The van der Waals surface area contributed by atoms with Gasteiger partial charge in [-0.1, -0.05) is 12.1 Å². The predicted octanol–water partition coefficient (Wildman–Crippen LogP) is 2.45. The summed E-state index contributed by atoms with van der Waals surface area (Å²) in [6, 6.07) is 13.3. The molecule has 3 aromatic rings. The van der Waals surface area contributed by atoms with Gasteiger partial charge in [0, 0.05) is 23.9 Å². The standard InChI is InChI=1S/C17H17N5O/c1-17(2,23)10-19-14-7-15(22-16(8-14)20-11-21-22)13-5-3-12(9-18)4-6-13/h3-8,11,19,23H,10H2,1-2H3. The molecule has 0 fully saturated rings. The van der Waals surface area contributed by atoms with Crippen molar-refractivity contribution in [2.45, 2.75) is 19.4 Å². The summed E-state index contributed by atoms with van der Waals surface area (Å²) < 4.78 is 1.75. The van der Waals surface area contributed by atoms with E-state index >= 15 is 0 Å². The molecule has 0 aliphatic heterocycles. The molecule has 2 N–H and O–H groups in total. The summed E-state index contributed by atoms with van der Waals surface area (Å²) in [7, 11) is 0. The van der Waals surface area contributed by atoms with Crippen molar-refractivity contribution in [3.05, 3.63) is 48.3 Å². The average Bonchev–Trinajstić information content (AvgIpc) is 3.00. The zero-order chi connectivity index (χ0) is 16.4. The molecule has 0 saturated heterocycles. The van der Waals surface area contributed by atoms with Crippen molar-refractivity contribution in [3.63, 3.8) is 0 Å². The molecule has 0 radical (unpaired) electrons. The number of nitriles is 1. The van der Waals surface area contributed by atoms with E-state index < -0.39 is 5.60 Å². The molecule has 0 amide bonds. The van der Waals surface area contributed by atoms with Crippen molar-refractivity contribution in [1.82, 2.24) is 14.6 Å². The Bertz CT molecular complexity index is 869. The largest absolute Gasteiger partial charge is 0.389 e. The summed E-state index contributed by atoms with van der Waals surface area (Å²) >= 11 is 0. The van der Waals surface area contributed by atoms with Gasteiger partial charge >= 0.3 is 0 Å². The van der Waals surface area contributed by atoms with Crippen molar-refractivity contribution in [3.8, 4) is 17.3 Å². The van der Waals surface area contributed by atoms with Gasteiger partial charge in [-0.2, -0.15) is 10.4 Å². The van der Waals surface area contributed by atoms with Crippen LogP contribution in [0, 0.1) is 11.3 Å². The number of hydrogen-bond donors (Lipinski definition) is 2. The number of nitrogens with one attached hydrogen (secondary N) is 1. The minimum atomic E-state index is -0.811. The predicted molar refractivity (Wildman–Crippen MR) is 87.9 cm³/mol. The fourth-order valence-corrected chi connectivity index (χ4v) is 2.27. The third-order valence-electron chi connectivity index (χ3n) is 3.41. The van der Waals surface area contributed by atoms with Gasteiger partial charge in [-0.3, -0.25) is 0 Å². The summed E-state index contributed by atoms with van der Waals surface area (Å²) in [4.78, 5) is 4.24. The molecule has 23 heavy (non-hydrogen) atoms. The van der Waals surface area contributed by atoms with E-state index in [1.807, 2.05) is 24.3 Å². The molecular formula is C17H17N5O. The molecule has 2 aromatic heterocycles. The number of benzene rings is 1. The lowest BCUT2D eigenvalue weighted by Gasteiger charge is -2.19. The maximum absolute atomic E-state index is 9.87. The molecule has 3 rings (SSSR count). The van der Waals surface area contributed by atoms with Crippen LogP contribution in [-0.4, -0.2) is 31.9 Å². The van der Waals surface area contributed by atoms with E-state index in [1.54, 1.807) is 30.5 Å². The third kappa shape index (κ3) is 3.30. The van der Waals surface area contributed by atoms with Gasteiger partial charge in [0.1, 0.15) is 6.33 Å². The molecule has 6 nitrogen and oxygen atoms in total. The first kappa shape index (κ1) is 15.0. The lowest BCUT2D eigenvalue weighted by molar-refractivity contribution is 0.0945. The zero-order valence-corrected chi connectivity index (χ0v) is 13.0. The summed E-state index contributed by atoms with van der Waals surface area (Å²) in [5.74, 6) is 0. The van der Waals surface area contributed by atoms with E-state index in [0.717, 1.165) is 16.9 Å². The summed E-state index contributed by atoms with van der Waals surface area (Å²) in [6.07, 6.45) is 1.50. The molecule has 0 bridgehead atoms. The summed E-state index contributed by atoms with van der Waals surface area (Å²) in [6.45, 7) is 3.92. The third-order valence-corrected chi connectivity index (χ3v) is 3.41. The summed E-state index contributed by atoms with van der Waals surface area (Å²) in [5, 5.41) is 26.3. The number of aliphatic hydroxyl groups is 1. The first-order valence-corrected chi connectivity index (χ1v) is 7.27. The van der Waals surface area contributed by atoms with Crippen molar-refractivity contribution in [2.24, 2.45) is 0 Å². The lowest BCUT2D eigenvalue weighted by atomic mass is 10.1. The fourth-order valence-electron chi connectivity index (χ4n) is 2.27. The second kappa shape index (κ2) is 5.71. The van der Waals surface area contributed by atoms with Crippen LogP contribution in [0.15, 0.2) is 42.7 Å². The van der Waals surface area contributed by atoms with Gasteiger partial charge in [0.05, 0.1) is 22.9 Å². The quantitative estimate of drug-likeness (QED) is 0.773. The lowest BCUT2D eigenvalue weighted by Crippen LogP contribution is -2.29. The molecule has 2 heterocycles. The van der Waals surface area contributed by atoms with Crippen LogP contribution in [0.3, 0.4) is 0 Å². The van der Waals surface area contributed by atoms with E-state index in [9.17, 15) is 5.11 Å². The molecule has 0 aliphatic rings. The smallest absolute Gasteiger partial charge is 0.158 e. The van der Waals surface area contributed by atoms with Crippen molar-refractivity contribution in [1.29, 1.82) is 5.26 Å². The highest BCUT2D eigenvalue weighted by atomic mass is 16.3. The topological polar surface area (TPSA) is 86.2 Å². The Balaban J connectivity index is 2.04. The van der Waals surface area contributed by atoms with Gasteiger partial charge in [-0.05, 0) is 32.0 Å². The fraction of sp³-hybridized carbons (Fsp3) is 0.235. The van der Waals surface area contributed by atoms with Crippen LogP contribution >= 0.6 is 0 Å². The monoisotopic (exact) mass is 307 g/mol. The number of rotatable bonds is 4. The van der Waals surface area contributed by atoms with Crippen LogP contribution < -0.4 is 5.32 Å². The second-order valence-electron chi connectivity index (χ2n) is 6.01. The molecule has 0 aliphatic carbocycles. The van der Waals surface area contributed by atoms with Gasteiger partial charge in [0.2, 0.25) is 0 Å². The molecule has 0 saturated carbocycles. The minimum Gasteiger partial charge on any atom is -0.389 e. The Morgan fingerprint density at radius 2 is 2.00 bits per heavy atom. The van der Waals surface area contributed by atoms with E-state index in [2.05, 4.69) is 21.5 Å². The van der Waals surface area contributed by atoms with Crippen LogP contribution in [-0.2, 0) is 0 Å². The minimum absolute atomic E-state index is 0.421. The average molecular weight is 307 g/mol. The molecule has 0 spiro atoms. The van der Waals surface area contributed by atoms with Gasteiger partial charge in [0.25, 0.3) is 0 Å². The van der Waals surface area contributed by atoms with E-state index in [0.29, 0.717) is 17.8 Å². The van der Waals surface area contributed by atoms with Crippen molar-refractivity contribution >= 4 is 11.3 Å². The molecule has 116 valence electrons. The Kier molecular flexibility index (Phi) is 3.72. The van der Waals surface area contributed by atoms with Crippen LogP contribution in [0.25, 0.3) is 16.9 Å². The highest BCUT2D eigenvalue weighted by molar-refractivity contribution is 5.70. The second-order valence-corrected chi connectivity index (χ2v) is 6.01. The van der Waals surface area contributed by atoms with E-state index in [-0.39, 0.29) is 0 Å². The van der Waals surface area contributed by atoms with Gasteiger partial charge < -0.3 is 10.4 Å². The number of hydrogen-bond acceptors (Lipinski definition) is 5. The SMILES string of the molecule is CC(C)(O)CNc1cc(-c2ccc(C#N)cc2)n2ncnc2c1. The zero-order valence-electron chi connectivity index (χ0n) is 13.0. The van der Waals surface area contributed by atoms with Gasteiger partial charge in [-0.25, -0.2) is 9.50 Å². The van der Waals surface area contributed by atoms with Crippen molar-refractivity contribution < 1.29 is 5.11 Å². The van der Waals surface area contributed by atoms with E-state index in [1.165, 1.54) is 6.33 Å². The Labute approximate surface area is 134 Å². The number of nitrogens with zero attached hydrogens (tertiary/aromatic N) is 4. The maximum Gasteiger partial charge on any atom is 0.158 e. The first-order valence-electron chi connectivity index (χ1n) is 7.27. The van der Waals surface area contributed by atoms with Crippen LogP contribution in [0.4, 0.5) is 5.69 Å². The molecular weight excluding hydrogens is 290 g/mol. The maximum atomic E-state index is 9.87. The molecule has 0 unspecified atom stereocenters.